The summed E-state index contributed by atoms with van der Waals surface area (Å²) in [5, 5.41) is 1.09. The highest BCUT2D eigenvalue weighted by atomic mass is 15.1. The third-order valence-electron chi connectivity index (χ3n) is 4.73. The van der Waals surface area contributed by atoms with Crippen LogP contribution in [-0.2, 0) is 0 Å². The molecule has 0 bridgehead atoms. The van der Waals surface area contributed by atoms with Gasteiger partial charge in [0.25, 0.3) is 0 Å². The smallest absolute Gasteiger partial charge is 0.108 e. The molecule has 0 aliphatic rings. The maximum absolute atomic E-state index is 4.58. The van der Waals surface area contributed by atoms with Gasteiger partial charge in [-0.1, -0.05) is 54.6 Å². The lowest BCUT2D eigenvalue weighted by Gasteiger charge is -2.10. The lowest BCUT2D eigenvalue weighted by molar-refractivity contribution is 1.09. The van der Waals surface area contributed by atoms with Crippen molar-refractivity contribution in [3.05, 3.63) is 97.8 Å². The molecule has 0 N–H and O–H groups in total. The number of benzene rings is 3. The second-order valence-electron chi connectivity index (χ2n) is 6.33. The van der Waals surface area contributed by atoms with E-state index >= 15 is 0 Å². The molecule has 0 aliphatic heterocycles. The van der Waals surface area contributed by atoms with Gasteiger partial charge in [-0.15, -0.1) is 0 Å². The van der Waals surface area contributed by atoms with E-state index in [1.807, 2.05) is 36.8 Å². The molecule has 3 heteroatoms. The molecule has 0 saturated carbocycles. The molecular weight excluding hydrogens is 318 g/mol. The fourth-order valence-corrected chi connectivity index (χ4v) is 3.43. The minimum atomic E-state index is 0.881. The molecule has 0 spiro atoms. The number of rotatable bonds is 2. The highest BCUT2D eigenvalue weighted by molar-refractivity contribution is 6.04. The summed E-state index contributed by atoms with van der Waals surface area (Å²) in [4.78, 5) is 9.14. The summed E-state index contributed by atoms with van der Waals surface area (Å²) in [6.07, 6.45) is 3.69. The first-order valence-electron chi connectivity index (χ1n) is 8.54. The predicted octanol–water partition coefficient (Wildman–Crippen LogP) is 5.42. The Balaban J connectivity index is 1.84. The standard InChI is InChI=1S/C23H16N3/c1-16-7-5-6-10-22(16)26-15-25-21-14-24-20-12-11-18(13-19(20)23(21)26)17-8-3-2-4-9-17/h2-15H,1H2. The van der Waals surface area contributed by atoms with Gasteiger partial charge in [-0.05, 0) is 41.8 Å². The molecule has 0 unspecified atom stereocenters. The van der Waals surface area contributed by atoms with E-state index in [-0.39, 0.29) is 0 Å². The third kappa shape index (κ3) is 2.29. The van der Waals surface area contributed by atoms with E-state index in [1.165, 1.54) is 11.1 Å². The maximum atomic E-state index is 4.58. The molecule has 5 rings (SSSR count). The van der Waals surface area contributed by atoms with E-state index in [0.717, 1.165) is 33.2 Å². The summed E-state index contributed by atoms with van der Waals surface area (Å²) in [5.41, 5.74) is 7.26. The van der Waals surface area contributed by atoms with Crippen molar-refractivity contribution in [3.63, 3.8) is 0 Å². The summed E-state index contributed by atoms with van der Waals surface area (Å²) in [6, 6.07) is 24.9. The highest BCUT2D eigenvalue weighted by Crippen LogP contribution is 2.30. The Kier molecular flexibility index (Phi) is 3.32. The van der Waals surface area contributed by atoms with Gasteiger partial charge in [0.1, 0.15) is 11.8 Å². The largest absolute Gasteiger partial charge is 0.298 e. The number of pyridine rings is 1. The van der Waals surface area contributed by atoms with Crippen LogP contribution in [0.5, 0.6) is 0 Å². The third-order valence-corrected chi connectivity index (χ3v) is 4.73. The molecule has 0 amide bonds. The predicted molar refractivity (Wildman–Crippen MR) is 106 cm³/mol. The fourth-order valence-electron chi connectivity index (χ4n) is 3.43. The van der Waals surface area contributed by atoms with Gasteiger partial charge in [0.2, 0.25) is 0 Å². The van der Waals surface area contributed by atoms with Crippen molar-refractivity contribution in [3.8, 4) is 16.8 Å². The quantitative estimate of drug-likeness (QED) is 0.431. The second kappa shape index (κ2) is 5.81. The Morgan fingerprint density at radius 1 is 0.731 bits per heavy atom. The maximum Gasteiger partial charge on any atom is 0.108 e. The number of hydrogen-bond acceptors (Lipinski definition) is 2. The highest BCUT2D eigenvalue weighted by Gasteiger charge is 2.12. The molecule has 0 aliphatic carbocycles. The minimum Gasteiger partial charge on any atom is -0.298 e. The number of para-hydroxylation sites is 1. The number of imidazole rings is 1. The van der Waals surface area contributed by atoms with Crippen molar-refractivity contribution in [1.29, 1.82) is 0 Å². The van der Waals surface area contributed by atoms with Crippen LogP contribution < -0.4 is 0 Å². The molecule has 26 heavy (non-hydrogen) atoms. The summed E-state index contributed by atoms with van der Waals surface area (Å²) in [7, 11) is 0. The zero-order chi connectivity index (χ0) is 17.5. The molecule has 2 aromatic heterocycles. The normalized spacial score (nSPS) is 11.3. The SMILES string of the molecule is [CH2]c1ccccc1-n1cnc2cnc3ccc(-c4ccccc4)cc3c21. The van der Waals surface area contributed by atoms with E-state index in [1.54, 1.807) is 0 Å². The van der Waals surface area contributed by atoms with Gasteiger partial charge in [-0.3, -0.25) is 9.55 Å². The summed E-state index contributed by atoms with van der Waals surface area (Å²) in [5.74, 6) is 0. The lowest BCUT2D eigenvalue weighted by atomic mass is 10.0. The first-order chi connectivity index (χ1) is 12.8. The summed E-state index contributed by atoms with van der Waals surface area (Å²) < 4.78 is 2.11. The van der Waals surface area contributed by atoms with Crippen LogP contribution in [0.25, 0.3) is 38.8 Å². The van der Waals surface area contributed by atoms with Crippen LogP contribution in [0.4, 0.5) is 0 Å². The van der Waals surface area contributed by atoms with Crippen LogP contribution in [0, 0.1) is 6.92 Å². The van der Waals surface area contributed by atoms with Crippen molar-refractivity contribution in [2.24, 2.45) is 0 Å². The van der Waals surface area contributed by atoms with Gasteiger partial charge in [0.15, 0.2) is 0 Å². The molecular formula is C23H16N3. The molecule has 0 fully saturated rings. The van der Waals surface area contributed by atoms with Crippen molar-refractivity contribution in [1.82, 2.24) is 14.5 Å². The number of hydrogen-bond donors (Lipinski definition) is 0. The monoisotopic (exact) mass is 334 g/mol. The molecule has 0 saturated heterocycles. The van der Waals surface area contributed by atoms with Gasteiger partial charge < -0.3 is 0 Å². The zero-order valence-corrected chi connectivity index (χ0v) is 14.1. The molecule has 3 nitrogen and oxygen atoms in total. The van der Waals surface area contributed by atoms with Gasteiger partial charge in [-0.25, -0.2) is 4.98 Å². The lowest BCUT2D eigenvalue weighted by Crippen LogP contribution is -1.96. The number of aromatic nitrogens is 3. The van der Waals surface area contributed by atoms with Crippen molar-refractivity contribution in [2.75, 3.05) is 0 Å². The topological polar surface area (TPSA) is 30.7 Å². The Morgan fingerprint density at radius 3 is 2.38 bits per heavy atom. The summed E-state index contributed by atoms with van der Waals surface area (Å²) in [6.45, 7) is 4.16. The fraction of sp³-hybridized carbons (Fsp3) is 0. The van der Waals surface area contributed by atoms with E-state index in [4.69, 9.17) is 0 Å². The van der Waals surface area contributed by atoms with E-state index < -0.39 is 0 Å². The van der Waals surface area contributed by atoms with Gasteiger partial charge >= 0.3 is 0 Å². The summed E-state index contributed by atoms with van der Waals surface area (Å²) >= 11 is 0. The van der Waals surface area contributed by atoms with Crippen molar-refractivity contribution in [2.45, 2.75) is 0 Å². The first-order valence-corrected chi connectivity index (χ1v) is 8.54. The molecule has 3 aromatic carbocycles. The minimum absolute atomic E-state index is 0.881. The zero-order valence-electron chi connectivity index (χ0n) is 14.1. The Hall–Kier alpha value is -3.46. The van der Waals surface area contributed by atoms with Crippen LogP contribution in [0.1, 0.15) is 5.56 Å². The van der Waals surface area contributed by atoms with Crippen molar-refractivity contribution >= 4 is 21.9 Å². The second-order valence-corrected chi connectivity index (χ2v) is 6.33. The van der Waals surface area contributed by atoms with Gasteiger partial charge in [-0.2, -0.15) is 0 Å². The molecule has 2 heterocycles. The molecule has 1 radical (unpaired) electrons. The van der Waals surface area contributed by atoms with E-state index in [9.17, 15) is 0 Å². The van der Waals surface area contributed by atoms with Crippen LogP contribution in [0.2, 0.25) is 0 Å². The van der Waals surface area contributed by atoms with E-state index in [2.05, 4.69) is 70.0 Å². The Labute approximate surface area is 151 Å². The van der Waals surface area contributed by atoms with Crippen LogP contribution >= 0.6 is 0 Å². The average Bonchev–Trinajstić information content (AvgIpc) is 3.13. The number of nitrogens with zero attached hydrogens (tertiary/aromatic N) is 3. The molecule has 123 valence electrons. The van der Waals surface area contributed by atoms with E-state index in [0.29, 0.717) is 0 Å². The number of fused-ring (bicyclic) bond motifs is 3. The molecule has 5 aromatic rings. The van der Waals surface area contributed by atoms with Crippen molar-refractivity contribution < 1.29 is 0 Å². The van der Waals surface area contributed by atoms with Gasteiger partial charge in [0, 0.05) is 5.39 Å². The first kappa shape index (κ1) is 14.8. The Bertz CT molecular complexity index is 1240. The van der Waals surface area contributed by atoms with Gasteiger partial charge in [0.05, 0.1) is 22.9 Å². The average molecular weight is 334 g/mol. The Morgan fingerprint density at radius 2 is 1.54 bits per heavy atom. The van der Waals surface area contributed by atoms with Crippen LogP contribution in [0.15, 0.2) is 85.3 Å². The van der Waals surface area contributed by atoms with Crippen LogP contribution in [0.3, 0.4) is 0 Å². The van der Waals surface area contributed by atoms with Crippen LogP contribution in [-0.4, -0.2) is 14.5 Å². The molecule has 0 atom stereocenters.